The van der Waals surface area contributed by atoms with E-state index in [9.17, 15) is 4.79 Å². The van der Waals surface area contributed by atoms with Crippen molar-refractivity contribution in [1.82, 2.24) is 10.3 Å². The topological polar surface area (TPSA) is 54.0 Å². The lowest BCUT2D eigenvalue weighted by atomic mass is 9.84. The van der Waals surface area contributed by atoms with Crippen LogP contribution in [0, 0.1) is 0 Å². The monoisotopic (exact) mass is 313 g/mol. The second kappa shape index (κ2) is 6.68. The molecule has 1 aromatic rings. The smallest absolute Gasteiger partial charge is 0.271 e. The number of nitrogens with one attached hydrogen (secondary N) is 2. The third-order valence-corrected chi connectivity index (χ3v) is 5.41. The minimum atomic E-state index is -0.199. The second-order valence-electron chi connectivity index (χ2n) is 4.98. The van der Waals surface area contributed by atoms with Crippen LogP contribution in [-0.4, -0.2) is 35.0 Å². The summed E-state index contributed by atoms with van der Waals surface area (Å²) in [4.78, 5) is 16.5. The first-order valence-electron chi connectivity index (χ1n) is 6.84. The number of halogens is 1. The van der Waals surface area contributed by atoms with Gasteiger partial charge in [-0.1, -0.05) is 18.0 Å². The third-order valence-electron chi connectivity index (χ3n) is 3.69. The first kappa shape index (κ1) is 15.4. The van der Waals surface area contributed by atoms with Crippen molar-refractivity contribution in [2.45, 2.75) is 30.9 Å². The number of hydrogen-bond donors (Lipinski definition) is 2. The van der Waals surface area contributed by atoms with Crippen molar-refractivity contribution in [3.05, 3.63) is 22.8 Å². The predicted octanol–water partition coefficient (Wildman–Crippen LogP) is 3.18. The summed E-state index contributed by atoms with van der Waals surface area (Å²) in [6.45, 7) is 3.41. The molecule has 0 unspecified atom stereocenters. The number of aromatic nitrogens is 1. The Balaban J connectivity index is 2.03. The molecule has 6 heteroatoms. The van der Waals surface area contributed by atoms with E-state index in [1.807, 2.05) is 18.7 Å². The molecule has 0 aliphatic heterocycles. The van der Waals surface area contributed by atoms with Gasteiger partial charge in [-0.15, -0.1) is 0 Å². The molecule has 0 spiro atoms. The quantitative estimate of drug-likeness (QED) is 0.847. The summed E-state index contributed by atoms with van der Waals surface area (Å²) in [6.07, 6.45) is 5.66. The van der Waals surface area contributed by atoms with Crippen molar-refractivity contribution in [3.8, 4) is 0 Å². The Morgan fingerprint density at radius 1 is 1.50 bits per heavy atom. The van der Waals surface area contributed by atoms with E-state index in [1.165, 1.54) is 6.42 Å². The Labute approximate surface area is 129 Å². The van der Waals surface area contributed by atoms with Crippen LogP contribution in [0.4, 0.5) is 5.82 Å². The summed E-state index contributed by atoms with van der Waals surface area (Å²) in [5, 5.41) is 6.44. The summed E-state index contributed by atoms with van der Waals surface area (Å²) in [6, 6.07) is 3.48. The van der Waals surface area contributed by atoms with Crippen LogP contribution < -0.4 is 10.6 Å². The van der Waals surface area contributed by atoms with Gasteiger partial charge < -0.3 is 10.6 Å². The van der Waals surface area contributed by atoms with Gasteiger partial charge in [0.2, 0.25) is 0 Å². The molecule has 0 radical (unpaired) electrons. The van der Waals surface area contributed by atoms with E-state index in [0.717, 1.165) is 19.4 Å². The van der Waals surface area contributed by atoms with Crippen LogP contribution in [-0.2, 0) is 0 Å². The Kier molecular flexibility index (Phi) is 5.16. The van der Waals surface area contributed by atoms with E-state index in [1.54, 1.807) is 12.1 Å². The second-order valence-corrected chi connectivity index (χ2v) is 6.66. The van der Waals surface area contributed by atoms with E-state index in [4.69, 9.17) is 11.6 Å². The van der Waals surface area contributed by atoms with E-state index in [-0.39, 0.29) is 10.7 Å². The molecular weight excluding hydrogens is 294 g/mol. The average molecular weight is 314 g/mol. The largest absolute Gasteiger partial charge is 0.370 e. The van der Waals surface area contributed by atoms with Crippen LogP contribution in [0.1, 0.15) is 36.7 Å². The number of amides is 1. The van der Waals surface area contributed by atoms with Crippen LogP contribution in [0.25, 0.3) is 0 Å². The molecule has 1 saturated carbocycles. The minimum Gasteiger partial charge on any atom is -0.370 e. The number of rotatable bonds is 6. The molecule has 20 heavy (non-hydrogen) atoms. The molecule has 1 amide bonds. The van der Waals surface area contributed by atoms with Crippen LogP contribution in [0.2, 0.25) is 5.02 Å². The molecule has 0 aromatic carbocycles. The highest BCUT2D eigenvalue weighted by Crippen LogP contribution is 2.42. The minimum absolute atomic E-state index is 0.199. The van der Waals surface area contributed by atoms with Crippen molar-refractivity contribution in [3.63, 3.8) is 0 Å². The van der Waals surface area contributed by atoms with Gasteiger partial charge in [0.05, 0.1) is 5.02 Å². The summed E-state index contributed by atoms with van der Waals surface area (Å²) >= 11 is 7.90. The Bertz CT molecular complexity index is 486. The number of carbonyl (C=O) groups excluding carboxylic acids is 1. The van der Waals surface area contributed by atoms with Crippen molar-refractivity contribution >= 4 is 35.1 Å². The van der Waals surface area contributed by atoms with E-state index < -0.39 is 0 Å². The average Bonchev–Trinajstić information content (AvgIpc) is 2.40. The summed E-state index contributed by atoms with van der Waals surface area (Å²) < 4.78 is 0.210. The molecule has 2 rings (SSSR count). The maximum atomic E-state index is 12.2. The lowest BCUT2D eigenvalue weighted by molar-refractivity contribution is 0.0939. The fourth-order valence-corrected chi connectivity index (χ4v) is 3.33. The summed E-state index contributed by atoms with van der Waals surface area (Å²) in [5.41, 5.74) is 0.292. The molecule has 1 heterocycles. The van der Waals surface area contributed by atoms with Gasteiger partial charge in [-0.3, -0.25) is 4.79 Å². The standard InChI is InChI=1S/C14H20ClN3OS/c1-3-16-11-6-5-10(15)12(18-11)13(19)17-9-14(20-2)7-4-8-14/h5-6H,3-4,7-9H2,1-2H3,(H,16,18)(H,17,19). The van der Waals surface area contributed by atoms with Crippen LogP contribution in [0.15, 0.2) is 12.1 Å². The molecule has 1 aliphatic rings. The van der Waals surface area contributed by atoms with E-state index >= 15 is 0 Å². The Hall–Kier alpha value is -0.940. The van der Waals surface area contributed by atoms with Crippen LogP contribution in [0.3, 0.4) is 0 Å². The van der Waals surface area contributed by atoms with E-state index in [2.05, 4.69) is 21.9 Å². The molecule has 1 aliphatic carbocycles. The number of pyridine rings is 1. The zero-order chi connectivity index (χ0) is 14.6. The Morgan fingerprint density at radius 2 is 2.25 bits per heavy atom. The van der Waals surface area contributed by atoms with Crippen molar-refractivity contribution in [2.24, 2.45) is 0 Å². The number of hydrogen-bond acceptors (Lipinski definition) is 4. The SMILES string of the molecule is CCNc1ccc(Cl)c(C(=O)NCC2(SC)CCC2)n1. The van der Waals surface area contributed by atoms with Gasteiger partial charge in [0.1, 0.15) is 11.5 Å². The molecule has 0 atom stereocenters. The van der Waals surface area contributed by atoms with Gasteiger partial charge in [-0.05, 0) is 38.2 Å². The highest BCUT2D eigenvalue weighted by atomic mass is 35.5. The molecular formula is C14H20ClN3OS. The molecule has 0 bridgehead atoms. The van der Waals surface area contributed by atoms with Gasteiger partial charge >= 0.3 is 0 Å². The van der Waals surface area contributed by atoms with Gasteiger partial charge in [0.25, 0.3) is 5.91 Å². The highest BCUT2D eigenvalue weighted by Gasteiger charge is 2.36. The highest BCUT2D eigenvalue weighted by molar-refractivity contribution is 8.00. The molecule has 4 nitrogen and oxygen atoms in total. The molecule has 1 fully saturated rings. The zero-order valence-electron chi connectivity index (χ0n) is 11.8. The normalized spacial score (nSPS) is 16.4. The molecule has 110 valence electrons. The Morgan fingerprint density at radius 3 is 2.80 bits per heavy atom. The van der Waals surface area contributed by atoms with Crippen molar-refractivity contribution < 1.29 is 4.79 Å². The van der Waals surface area contributed by atoms with Gasteiger partial charge in [-0.2, -0.15) is 11.8 Å². The van der Waals surface area contributed by atoms with Crippen molar-refractivity contribution in [2.75, 3.05) is 24.7 Å². The third kappa shape index (κ3) is 3.38. The van der Waals surface area contributed by atoms with Crippen LogP contribution in [0.5, 0.6) is 0 Å². The molecule has 1 aromatic heterocycles. The van der Waals surface area contributed by atoms with Gasteiger partial charge in [0, 0.05) is 17.8 Å². The maximum Gasteiger partial charge on any atom is 0.271 e. The van der Waals surface area contributed by atoms with Crippen LogP contribution >= 0.6 is 23.4 Å². The lowest BCUT2D eigenvalue weighted by Gasteiger charge is -2.40. The summed E-state index contributed by atoms with van der Waals surface area (Å²) in [7, 11) is 0. The number of anilines is 1. The number of thioether (sulfide) groups is 1. The fraction of sp³-hybridized carbons (Fsp3) is 0.571. The van der Waals surface area contributed by atoms with Crippen molar-refractivity contribution in [1.29, 1.82) is 0 Å². The van der Waals surface area contributed by atoms with Gasteiger partial charge in [0.15, 0.2) is 0 Å². The summed E-state index contributed by atoms with van der Waals surface area (Å²) in [5.74, 6) is 0.473. The fourth-order valence-electron chi connectivity index (χ4n) is 2.23. The first-order chi connectivity index (χ1) is 9.60. The lowest BCUT2D eigenvalue weighted by Crippen LogP contribution is -2.45. The van der Waals surface area contributed by atoms with E-state index in [0.29, 0.717) is 23.1 Å². The molecule has 2 N–H and O–H groups in total. The number of nitrogens with zero attached hydrogens (tertiary/aromatic N) is 1. The zero-order valence-corrected chi connectivity index (χ0v) is 13.4. The maximum absolute atomic E-state index is 12.2. The first-order valence-corrected chi connectivity index (χ1v) is 8.44. The predicted molar refractivity (Wildman–Crippen MR) is 85.8 cm³/mol. The number of carbonyl (C=O) groups is 1. The van der Waals surface area contributed by atoms with Gasteiger partial charge in [-0.25, -0.2) is 4.98 Å². The molecule has 0 saturated heterocycles.